The molecule has 0 saturated carbocycles. The lowest BCUT2D eigenvalue weighted by molar-refractivity contribution is 0.208. The highest BCUT2D eigenvalue weighted by Gasteiger charge is 2.13. The maximum Gasteiger partial charge on any atom is 0.216 e. The fourth-order valence-corrected chi connectivity index (χ4v) is 2.01. The summed E-state index contributed by atoms with van der Waals surface area (Å²) in [6.45, 7) is 6.85. The molecule has 1 fully saturated rings. The quantitative estimate of drug-likeness (QED) is 0.839. The van der Waals surface area contributed by atoms with Crippen molar-refractivity contribution in [3.8, 4) is 5.88 Å². The SMILES string of the molecule is Cc1cc(OCC2CCNCC2)nc(C)n1. The van der Waals surface area contributed by atoms with Crippen LogP contribution < -0.4 is 10.1 Å². The van der Waals surface area contributed by atoms with Gasteiger partial charge in [0.15, 0.2) is 0 Å². The van der Waals surface area contributed by atoms with Crippen molar-refractivity contribution in [2.24, 2.45) is 5.92 Å². The number of hydrogen-bond acceptors (Lipinski definition) is 4. The first-order valence-corrected chi connectivity index (χ1v) is 5.90. The third-order valence-corrected chi connectivity index (χ3v) is 2.87. The van der Waals surface area contributed by atoms with Crippen LogP contribution in [0, 0.1) is 19.8 Å². The lowest BCUT2D eigenvalue weighted by Gasteiger charge is -2.22. The Morgan fingerprint density at radius 1 is 1.31 bits per heavy atom. The predicted octanol–water partition coefficient (Wildman–Crippen LogP) is 1.47. The monoisotopic (exact) mass is 221 g/mol. The van der Waals surface area contributed by atoms with Gasteiger partial charge in [-0.15, -0.1) is 0 Å². The van der Waals surface area contributed by atoms with Gasteiger partial charge in [0.1, 0.15) is 5.82 Å². The Balaban J connectivity index is 1.88. The van der Waals surface area contributed by atoms with Gasteiger partial charge in [0.05, 0.1) is 6.61 Å². The van der Waals surface area contributed by atoms with Gasteiger partial charge in [-0.25, -0.2) is 4.98 Å². The molecule has 4 nitrogen and oxygen atoms in total. The Kier molecular flexibility index (Phi) is 3.72. The van der Waals surface area contributed by atoms with Crippen molar-refractivity contribution in [2.45, 2.75) is 26.7 Å². The Bertz CT molecular complexity index is 328. The lowest BCUT2D eigenvalue weighted by Crippen LogP contribution is -2.30. The highest BCUT2D eigenvalue weighted by Crippen LogP contribution is 2.15. The molecule has 0 atom stereocenters. The summed E-state index contributed by atoms with van der Waals surface area (Å²) < 4.78 is 5.73. The number of aromatic nitrogens is 2. The molecule has 16 heavy (non-hydrogen) atoms. The van der Waals surface area contributed by atoms with Crippen LogP contribution >= 0.6 is 0 Å². The van der Waals surface area contributed by atoms with E-state index in [0.717, 1.165) is 31.2 Å². The van der Waals surface area contributed by atoms with E-state index < -0.39 is 0 Å². The third-order valence-electron chi connectivity index (χ3n) is 2.87. The molecule has 0 bridgehead atoms. The van der Waals surface area contributed by atoms with Gasteiger partial charge in [-0.1, -0.05) is 0 Å². The molecule has 0 radical (unpaired) electrons. The second-order valence-corrected chi connectivity index (χ2v) is 4.40. The van der Waals surface area contributed by atoms with E-state index in [1.807, 2.05) is 19.9 Å². The summed E-state index contributed by atoms with van der Waals surface area (Å²) in [5.74, 6) is 2.15. The van der Waals surface area contributed by atoms with E-state index in [9.17, 15) is 0 Å². The molecule has 0 aromatic carbocycles. The van der Waals surface area contributed by atoms with Gasteiger partial charge < -0.3 is 10.1 Å². The van der Waals surface area contributed by atoms with Gasteiger partial charge in [-0.05, 0) is 45.7 Å². The maximum absolute atomic E-state index is 5.73. The molecule has 1 aromatic heterocycles. The Labute approximate surface area is 96.4 Å². The van der Waals surface area contributed by atoms with Gasteiger partial charge >= 0.3 is 0 Å². The molecule has 0 unspecified atom stereocenters. The normalized spacial score (nSPS) is 17.4. The molecule has 1 aromatic rings. The minimum absolute atomic E-state index is 0.664. The zero-order valence-electron chi connectivity index (χ0n) is 9.99. The van der Waals surface area contributed by atoms with Crippen molar-refractivity contribution in [3.63, 3.8) is 0 Å². The van der Waals surface area contributed by atoms with Crippen molar-refractivity contribution in [1.29, 1.82) is 0 Å². The Morgan fingerprint density at radius 3 is 2.75 bits per heavy atom. The summed E-state index contributed by atoms with van der Waals surface area (Å²) in [7, 11) is 0. The number of piperidine rings is 1. The summed E-state index contributed by atoms with van der Waals surface area (Å²) in [5.41, 5.74) is 0.966. The highest BCUT2D eigenvalue weighted by atomic mass is 16.5. The van der Waals surface area contributed by atoms with E-state index in [2.05, 4.69) is 15.3 Å². The van der Waals surface area contributed by atoms with Gasteiger partial charge in [-0.3, -0.25) is 0 Å². The van der Waals surface area contributed by atoms with E-state index in [-0.39, 0.29) is 0 Å². The van der Waals surface area contributed by atoms with E-state index >= 15 is 0 Å². The molecule has 0 amide bonds. The van der Waals surface area contributed by atoms with Crippen LogP contribution in [-0.2, 0) is 0 Å². The molecule has 1 aliphatic rings. The van der Waals surface area contributed by atoms with Crippen LogP contribution in [0.4, 0.5) is 0 Å². The van der Waals surface area contributed by atoms with Crippen molar-refractivity contribution in [1.82, 2.24) is 15.3 Å². The van der Waals surface area contributed by atoms with Gasteiger partial charge in [-0.2, -0.15) is 4.98 Å². The highest BCUT2D eigenvalue weighted by molar-refractivity contribution is 5.14. The maximum atomic E-state index is 5.73. The van der Waals surface area contributed by atoms with E-state index in [1.54, 1.807) is 0 Å². The summed E-state index contributed by atoms with van der Waals surface area (Å²) in [6, 6.07) is 1.90. The number of aryl methyl sites for hydroxylation is 2. The molecule has 88 valence electrons. The second kappa shape index (κ2) is 5.25. The van der Waals surface area contributed by atoms with Gasteiger partial charge in [0, 0.05) is 11.8 Å². The van der Waals surface area contributed by atoms with Crippen LogP contribution in [0.15, 0.2) is 6.07 Å². The largest absolute Gasteiger partial charge is 0.477 e. The fourth-order valence-electron chi connectivity index (χ4n) is 2.01. The minimum Gasteiger partial charge on any atom is -0.477 e. The summed E-state index contributed by atoms with van der Waals surface area (Å²) >= 11 is 0. The Hall–Kier alpha value is -1.16. The van der Waals surface area contributed by atoms with E-state index in [0.29, 0.717) is 11.8 Å². The van der Waals surface area contributed by atoms with E-state index in [1.165, 1.54) is 12.8 Å². The average molecular weight is 221 g/mol. The number of hydrogen-bond donors (Lipinski definition) is 1. The first-order valence-electron chi connectivity index (χ1n) is 5.90. The molecule has 2 heterocycles. The fraction of sp³-hybridized carbons (Fsp3) is 0.667. The topological polar surface area (TPSA) is 47.0 Å². The Morgan fingerprint density at radius 2 is 2.06 bits per heavy atom. The number of nitrogens with one attached hydrogen (secondary N) is 1. The van der Waals surface area contributed by atoms with Crippen molar-refractivity contribution in [2.75, 3.05) is 19.7 Å². The first-order chi connectivity index (χ1) is 7.74. The average Bonchev–Trinajstić information content (AvgIpc) is 2.27. The second-order valence-electron chi connectivity index (χ2n) is 4.40. The van der Waals surface area contributed by atoms with Crippen molar-refractivity contribution in [3.05, 3.63) is 17.6 Å². The molecule has 1 N–H and O–H groups in total. The number of nitrogens with zero attached hydrogens (tertiary/aromatic N) is 2. The number of rotatable bonds is 3. The van der Waals surface area contributed by atoms with Gasteiger partial charge in [0.2, 0.25) is 5.88 Å². The van der Waals surface area contributed by atoms with Crippen LogP contribution in [0.5, 0.6) is 5.88 Å². The van der Waals surface area contributed by atoms with Crippen LogP contribution in [0.1, 0.15) is 24.4 Å². The van der Waals surface area contributed by atoms with Crippen LogP contribution in [-0.4, -0.2) is 29.7 Å². The molecular formula is C12H19N3O. The third kappa shape index (κ3) is 3.17. The molecule has 1 aliphatic heterocycles. The summed E-state index contributed by atoms with van der Waals surface area (Å²) in [5, 5.41) is 3.35. The summed E-state index contributed by atoms with van der Waals surface area (Å²) in [4.78, 5) is 8.50. The van der Waals surface area contributed by atoms with Crippen LogP contribution in [0.2, 0.25) is 0 Å². The van der Waals surface area contributed by atoms with Crippen molar-refractivity contribution >= 4 is 0 Å². The molecule has 2 rings (SSSR count). The van der Waals surface area contributed by atoms with Crippen LogP contribution in [0.3, 0.4) is 0 Å². The predicted molar refractivity (Wildman–Crippen MR) is 62.6 cm³/mol. The standard InChI is InChI=1S/C12H19N3O/c1-9-7-12(15-10(2)14-9)16-8-11-3-5-13-6-4-11/h7,11,13H,3-6,8H2,1-2H3. The zero-order chi connectivity index (χ0) is 11.4. The lowest BCUT2D eigenvalue weighted by atomic mass is 9.99. The molecule has 0 spiro atoms. The molecule has 0 aliphatic carbocycles. The zero-order valence-corrected chi connectivity index (χ0v) is 9.99. The molecular weight excluding hydrogens is 202 g/mol. The molecule has 1 saturated heterocycles. The molecule has 4 heteroatoms. The smallest absolute Gasteiger partial charge is 0.216 e. The first kappa shape index (κ1) is 11.3. The van der Waals surface area contributed by atoms with Gasteiger partial charge in [0.25, 0.3) is 0 Å². The van der Waals surface area contributed by atoms with E-state index in [4.69, 9.17) is 4.74 Å². The minimum atomic E-state index is 0.664. The van der Waals surface area contributed by atoms with Crippen LogP contribution in [0.25, 0.3) is 0 Å². The summed E-state index contributed by atoms with van der Waals surface area (Å²) in [6.07, 6.45) is 2.39. The van der Waals surface area contributed by atoms with Crippen molar-refractivity contribution < 1.29 is 4.74 Å². The number of ether oxygens (including phenoxy) is 1.